The summed E-state index contributed by atoms with van der Waals surface area (Å²) < 4.78 is 0. The largest absolute Gasteiger partial charge is 0.550 e. The van der Waals surface area contributed by atoms with E-state index in [1.54, 1.807) is 12.2 Å². The minimum Gasteiger partial charge on any atom is -0.550 e. The molecule has 2 rings (SSSR count). The number of carbonyl (C=O) groups is 2. The lowest BCUT2D eigenvalue weighted by molar-refractivity contribution is -0.327. The van der Waals surface area contributed by atoms with Crippen LogP contribution in [0.4, 0.5) is 0 Å². The zero-order valence-electron chi connectivity index (χ0n) is 6.80. The molecule has 2 aliphatic carbocycles. The van der Waals surface area contributed by atoms with Gasteiger partial charge in [0.15, 0.2) is 0 Å². The van der Waals surface area contributed by atoms with Crippen molar-refractivity contribution in [2.75, 3.05) is 0 Å². The highest BCUT2D eigenvalue weighted by Crippen LogP contribution is 2.47. The van der Waals surface area contributed by atoms with Crippen LogP contribution in [0.15, 0.2) is 12.2 Å². The molecule has 0 heterocycles. The Hall–Kier alpha value is -1.32. The number of hydrogen-bond acceptors (Lipinski definition) is 4. The molecule has 0 aromatic carbocycles. The Balaban J connectivity index is 2.30. The van der Waals surface area contributed by atoms with E-state index in [0.29, 0.717) is 6.42 Å². The van der Waals surface area contributed by atoms with Crippen LogP contribution in [0.25, 0.3) is 0 Å². The van der Waals surface area contributed by atoms with Crippen molar-refractivity contribution in [3.8, 4) is 0 Å². The summed E-state index contributed by atoms with van der Waals surface area (Å²) in [6, 6.07) is 0. The highest BCUT2D eigenvalue weighted by atomic mass is 16.4. The van der Waals surface area contributed by atoms with E-state index in [0.717, 1.165) is 0 Å². The number of allylic oxidation sites excluding steroid dienone is 2. The molecule has 2 bridgehead atoms. The summed E-state index contributed by atoms with van der Waals surface area (Å²) in [6.07, 6.45) is 4.15. The van der Waals surface area contributed by atoms with Gasteiger partial charge in [-0.1, -0.05) is 12.2 Å². The molecule has 0 saturated heterocycles. The van der Waals surface area contributed by atoms with Gasteiger partial charge in [-0.15, -0.1) is 0 Å². The maximum absolute atomic E-state index is 10.7. The molecule has 0 aromatic heterocycles. The minimum absolute atomic E-state index is 0.169. The number of carbonyl (C=O) groups excluding carboxylic acids is 2. The van der Waals surface area contributed by atoms with E-state index in [2.05, 4.69) is 0 Å². The molecular weight excluding hydrogens is 172 g/mol. The highest BCUT2D eigenvalue weighted by molar-refractivity contribution is 5.80. The Bertz CT molecular complexity index is 266. The molecule has 0 radical (unpaired) electrons. The molecular formula is C9H8O4-2. The van der Waals surface area contributed by atoms with E-state index in [-0.39, 0.29) is 11.8 Å². The summed E-state index contributed by atoms with van der Waals surface area (Å²) >= 11 is 0. The Morgan fingerprint density at radius 1 is 1.00 bits per heavy atom. The van der Waals surface area contributed by atoms with Crippen LogP contribution in [0.2, 0.25) is 0 Å². The highest BCUT2D eigenvalue weighted by Gasteiger charge is 2.45. The molecule has 4 heteroatoms. The molecule has 13 heavy (non-hydrogen) atoms. The SMILES string of the molecule is O=C([O-])[C@@H]1[C@H](C(=O)[O-])[C@@H]2C=C[C@@H]1C2. The third kappa shape index (κ3) is 1.05. The Labute approximate surface area is 74.9 Å². The number of fused-ring (bicyclic) bond motifs is 2. The third-order valence-electron chi connectivity index (χ3n) is 3.00. The lowest BCUT2D eigenvalue weighted by Crippen LogP contribution is -2.45. The van der Waals surface area contributed by atoms with Crippen LogP contribution >= 0.6 is 0 Å². The summed E-state index contributed by atoms with van der Waals surface area (Å²) in [7, 11) is 0. The minimum atomic E-state index is -1.27. The Kier molecular flexibility index (Phi) is 1.65. The van der Waals surface area contributed by atoms with Crippen molar-refractivity contribution in [2.24, 2.45) is 23.7 Å². The number of hydrogen-bond donors (Lipinski definition) is 0. The van der Waals surface area contributed by atoms with Gasteiger partial charge in [0.2, 0.25) is 0 Å². The van der Waals surface area contributed by atoms with Crippen LogP contribution in [0.1, 0.15) is 6.42 Å². The Morgan fingerprint density at radius 3 is 1.69 bits per heavy atom. The third-order valence-corrected chi connectivity index (χ3v) is 3.00. The summed E-state index contributed by atoms with van der Waals surface area (Å²) in [4.78, 5) is 21.3. The van der Waals surface area contributed by atoms with Crippen molar-refractivity contribution in [1.82, 2.24) is 0 Å². The summed E-state index contributed by atoms with van der Waals surface area (Å²) in [5.41, 5.74) is 0. The standard InChI is InChI=1S/C9H10O4/c10-8(11)6-4-1-2-5(3-4)7(6)9(12)13/h1-2,4-7H,3H2,(H,10,11)(H,12,13)/p-2/t4-,5-,6-,7+/m1/s1. The normalized spacial score (nSPS) is 40.9. The number of carboxylic acids is 2. The van der Waals surface area contributed by atoms with Gasteiger partial charge in [0, 0.05) is 23.8 Å². The molecule has 2 aliphatic rings. The molecule has 4 nitrogen and oxygen atoms in total. The molecule has 1 saturated carbocycles. The molecule has 0 spiro atoms. The molecule has 0 unspecified atom stereocenters. The second-order valence-electron chi connectivity index (χ2n) is 3.64. The summed E-state index contributed by atoms with van der Waals surface area (Å²) in [5.74, 6) is -4.66. The quantitative estimate of drug-likeness (QED) is 0.457. The van der Waals surface area contributed by atoms with Crippen molar-refractivity contribution >= 4 is 11.9 Å². The van der Waals surface area contributed by atoms with Gasteiger partial charge in [0.25, 0.3) is 0 Å². The zero-order chi connectivity index (χ0) is 9.59. The number of rotatable bonds is 2. The van der Waals surface area contributed by atoms with Gasteiger partial charge in [0.05, 0.1) is 0 Å². The summed E-state index contributed by atoms with van der Waals surface area (Å²) in [5, 5.41) is 21.3. The van der Waals surface area contributed by atoms with Crippen molar-refractivity contribution in [3.05, 3.63) is 12.2 Å². The molecule has 0 aliphatic heterocycles. The van der Waals surface area contributed by atoms with Gasteiger partial charge < -0.3 is 19.8 Å². The van der Waals surface area contributed by atoms with Crippen LogP contribution in [0.3, 0.4) is 0 Å². The van der Waals surface area contributed by atoms with Gasteiger partial charge in [-0.2, -0.15) is 0 Å². The first-order valence-corrected chi connectivity index (χ1v) is 4.21. The van der Waals surface area contributed by atoms with Crippen molar-refractivity contribution < 1.29 is 19.8 Å². The fourth-order valence-corrected chi connectivity index (χ4v) is 2.46. The van der Waals surface area contributed by atoms with Crippen molar-refractivity contribution in [3.63, 3.8) is 0 Å². The molecule has 0 N–H and O–H groups in total. The fourth-order valence-electron chi connectivity index (χ4n) is 2.46. The van der Waals surface area contributed by atoms with E-state index in [9.17, 15) is 19.8 Å². The van der Waals surface area contributed by atoms with Gasteiger partial charge in [-0.05, 0) is 18.3 Å². The van der Waals surface area contributed by atoms with Gasteiger partial charge >= 0.3 is 0 Å². The van der Waals surface area contributed by atoms with E-state index < -0.39 is 23.8 Å². The van der Waals surface area contributed by atoms with E-state index >= 15 is 0 Å². The van der Waals surface area contributed by atoms with Gasteiger partial charge in [-0.3, -0.25) is 0 Å². The van der Waals surface area contributed by atoms with Crippen molar-refractivity contribution in [1.29, 1.82) is 0 Å². The first kappa shape index (κ1) is 8.29. The molecule has 0 amide bonds. The maximum atomic E-state index is 10.7. The average Bonchev–Trinajstić information content (AvgIpc) is 2.60. The van der Waals surface area contributed by atoms with E-state index in [1.807, 2.05) is 0 Å². The van der Waals surface area contributed by atoms with Crippen molar-refractivity contribution in [2.45, 2.75) is 6.42 Å². The molecule has 0 aromatic rings. The molecule has 4 atom stereocenters. The monoisotopic (exact) mass is 180 g/mol. The molecule has 70 valence electrons. The summed E-state index contributed by atoms with van der Waals surface area (Å²) in [6.45, 7) is 0. The second-order valence-corrected chi connectivity index (χ2v) is 3.64. The first-order valence-electron chi connectivity index (χ1n) is 4.21. The zero-order valence-corrected chi connectivity index (χ0v) is 6.80. The van der Waals surface area contributed by atoms with Crippen LogP contribution < -0.4 is 10.2 Å². The van der Waals surface area contributed by atoms with Crippen LogP contribution in [-0.2, 0) is 9.59 Å². The van der Waals surface area contributed by atoms with E-state index in [1.165, 1.54) is 0 Å². The van der Waals surface area contributed by atoms with E-state index in [4.69, 9.17) is 0 Å². The number of aliphatic carboxylic acids is 2. The first-order chi connectivity index (χ1) is 6.11. The lowest BCUT2D eigenvalue weighted by atomic mass is 9.83. The Morgan fingerprint density at radius 2 is 1.38 bits per heavy atom. The average molecular weight is 180 g/mol. The molecule has 1 fully saturated rings. The lowest BCUT2D eigenvalue weighted by Gasteiger charge is -2.29. The van der Waals surface area contributed by atoms with Crippen LogP contribution in [0.5, 0.6) is 0 Å². The van der Waals surface area contributed by atoms with Crippen LogP contribution in [0, 0.1) is 23.7 Å². The number of carboxylic acid groups (broad SMARTS) is 2. The topological polar surface area (TPSA) is 80.3 Å². The second kappa shape index (κ2) is 2.58. The van der Waals surface area contributed by atoms with Crippen LogP contribution in [-0.4, -0.2) is 11.9 Å². The van der Waals surface area contributed by atoms with Gasteiger partial charge in [0.1, 0.15) is 0 Å². The predicted octanol–water partition coefficient (Wildman–Crippen LogP) is -2.08. The predicted molar refractivity (Wildman–Crippen MR) is 37.7 cm³/mol. The fraction of sp³-hybridized carbons (Fsp3) is 0.556. The smallest absolute Gasteiger partial charge is 0.0457 e. The maximum Gasteiger partial charge on any atom is 0.0457 e. The van der Waals surface area contributed by atoms with Gasteiger partial charge in [-0.25, -0.2) is 0 Å².